The van der Waals surface area contributed by atoms with E-state index in [9.17, 15) is 19.7 Å². The van der Waals surface area contributed by atoms with Crippen LogP contribution in [0.15, 0.2) is 58.4 Å². The van der Waals surface area contributed by atoms with Crippen LogP contribution in [0.25, 0.3) is 10.8 Å². The molecule has 0 aliphatic carbocycles. The fraction of sp³-hybridized carbons (Fsp3) is 0.238. The molecule has 1 amide bonds. The molecule has 154 valence electrons. The third-order valence-electron chi connectivity index (χ3n) is 4.52. The average molecular weight is 407 g/mol. The summed E-state index contributed by atoms with van der Waals surface area (Å²) in [6.45, 7) is 2.49. The lowest BCUT2D eigenvalue weighted by Crippen LogP contribution is -2.29. The van der Waals surface area contributed by atoms with Crippen LogP contribution in [0.5, 0.6) is 0 Å². The summed E-state index contributed by atoms with van der Waals surface area (Å²) in [5.74, 6) is -0.572. The molecule has 9 nitrogen and oxygen atoms in total. The van der Waals surface area contributed by atoms with Gasteiger partial charge in [-0.05, 0) is 12.5 Å². The number of carbonyl (C=O) groups excluding carboxylic acids is 1. The lowest BCUT2D eigenvalue weighted by atomic mass is 10.1. The molecule has 1 N–H and O–H groups in total. The van der Waals surface area contributed by atoms with Crippen molar-refractivity contribution < 1.29 is 9.72 Å². The first-order valence-corrected chi connectivity index (χ1v) is 9.59. The Morgan fingerprint density at radius 1 is 1.20 bits per heavy atom. The Hall–Kier alpha value is -3.88. The number of aromatic nitrogens is 2. The molecule has 3 rings (SSSR count). The van der Waals surface area contributed by atoms with E-state index in [2.05, 4.69) is 22.5 Å². The van der Waals surface area contributed by atoms with E-state index in [-0.39, 0.29) is 16.9 Å². The number of hydrogen-bond donors (Lipinski definition) is 1. The minimum atomic E-state index is -0.572. The van der Waals surface area contributed by atoms with Crippen molar-refractivity contribution in [3.8, 4) is 0 Å². The van der Waals surface area contributed by atoms with Gasteiger partial charge in [0.15, 0.2) is 5.69 Å². The highest BCUT2D eigenvalue weighted by atomic mass is 16.6. The average Bonchev–Trinajstić information content (AvgIpc) is 2.75. The molecular formula is C21H21N5O4. The summed E-state index contributed by atoms with van der Waals surface area (Å²) in [7, 11) is 0. The van der Waals surface area contributed by atoms with Crippen LogP contribution in [0, 0.1) is 10.1 Å². The predicted molar refractivity (Wildman–Crippen MR) is 114 cm³/mol. The van der Waals surface area contributed by atoms with Gasteiger partial charge in [0.1, 0.15) is 0 Å². The first kappa shape index (κ1) is 20.8. The van der Waals surface area contributed by atoms with Gasteiger partial charge in [0.05, 0.1) is 16.5 Å². The standard InChI is InChI=1S/C21H21N5O4/c1-2-3-6-12-25-21(28)18-11-5-4-10-17(18)19(24-25)20(27)23-22-14-15-8-7-9-16(13-15)26(29)30/h4-5,7-11,13-14H,2-3,6,12H2,1H3,(H,23,27)/b22-14-. The van der Waals surface area contributed by atoms with Crippen molar-refractivity contribution in [1.29, 1.82) is 0 Å². The summed E-state index contributed by atoms with van der Waals surface area (Å²) in [5, 5.41) is 19.9. The molecule has 0 saturated heterocycles. The monoisotopic (exact) mass is 407 g/mol. The van der Waals surface area contributed by atoms with Crippen LogP contribution >= 0.6 is 0 Å². The van der Waals surface area contributed by atoms with Gasteiger partial charge >= 0.3 is 0 Å². The fourth-order valence-corrected chi connectivity index (χ4v) is 3.00. The summed E-state index contributed by atoms with van der Waals surface area (Å²) in [4.78, 5) is 35.7. The van der Waals surface area contributed by atoms with Crippen LogP contribution in [0.3, 0.4) is 0 Å². The van der Waals surface area contributed by atoms with Crippen molar-refractivity contribution in [3.63, 3.8) is 0 Å². The number of fused-ring (bicyclic) bond motifs is 1. The van der Waals surface area contributed by atoms with Crippen LogP contribution in [0.1, 0.15) is 42.2 Å². The maximum absolute atomic E-state index is 12.7. The number of benzene rings is 2. The number of non-ortho nitro benzene ring substituents is 1. The third-order valence-corrected chi connectivity index (χ3v) is 4.52. The number of aryl methyl sites for hydroxylation is 1. The van der Waals surface area contributed by atoms with Gasteiger partial charge in [-0.25, -0.2) is 10.1 Å². The van der Waals surface area contributed by atoms with E-state index in [4.69, 9.17) is 0 Å². The molecule has 0 fully saturated rings. The van der Waals surface area contributed by atoms with Crippen molar-refractivity contribution in [2.24, 2.45) is 5.10 Å². The Balaban J connectivity index is 1.87. The van der Waals surface area contributed by atoms with Crippen molar-refractivity contribution in [2.45, 2.75) is 32.7 Å². The molecule has 30 heavy (non-hydrogen) atoms. The molecule has 1 aromatic heterocycles. The van der Waals surface area contributed by atoms with Gasteiger partial charge in [-0.15, -0.1) is 0 Å². The lowest BCUT2D eigenvalue weighted by molar-refractivity contribution is -0.384. The SMILES string of the molecule is CCCCCn1nc(C(=O)N/N=C\c2cccc([N+](=O)[O-])c2)c2ccccc2c1=O. The maximum Gasteiger partial charge on any atom is 0.292 e. The Bertz CT molecular complexity index is 1170. The minimum Gasteiger partial charge on any atom is -0.267 e. The normalized spacial score (nSPS) is 11.1. The minimum absolute atomic E-state index is 0.0721. The summed E-state index contributed by atoms with van der Waals surface area (Å²) in [6.07, 6.45) is 4.05. The molecule has 0 spiro atoms. The van der Waals surface area contributed by atoms with Crippen LogP contribution in [-0.4, -0.2) is 26.8 Å². The van der Waals surface area contributed by atoms with Gasteiger partial charge in [0.2, 0.25) is 0 Å². The molecule has 2 aromatic carbocycles. The number of unbranched alkanes of at least 4 members (excludes halogenated alkanes) is 2. The predicted octanol–water partition coefficient (Wildman–Crippen LogP) is 3.26. The second kappa shape index (κ2) is 9.55. The molecule has 0 atom stereocenters. The highest BCUT2D eigenvalue weighted by Crippen LogP contribution is 2.14. The molecule has 0 aliphatic heterocycles. The zero-order valence-corrected chi connectivity index (χ0v) is 16.4. The molecule has 0 radical (unpaired) electrons. The van der Waals surface area contributed by atoms with Crippen molar-refractivity contribution in [3.05, 3.63) is 80.3 Å². The van der Waals surface area contributed by atoms with Gasteiger partial charge in [-0.3, -0.25) is 19.7 Å². The van der Waals surface area contributed by atoms with Crippen molar-refractivity contribution >= 4 is 28.6 Å². The topological polar surface area (TPSA) is 119 Å². The van der Waals surface area contributed by atoms with Gasteiger partial charge in [-0.2, -0.15) is 10.2 Å². The summed E-state index contributed by atoms with van der Waals surface area (Å²) in [5.41, 5.74) is 2.64. The van der Waals surface area contributed by atoms with Crippen LogP contribution in [-0.2, 0) is 6.54 Å². The number of amides is 1. The number of hydrazone groups is 1. The van der Waals surface area contributed by atoms with E-state index < -0.39 is 10.8 Å². The van der Waals surface area contributed by atoms with Gasteiger partial charge < -0.3 is 0 Å². The number of nitro groups is 1. The Morgan fingerprint density at radius 3 is 2.70 bits per heavy atom. The highest BCUT2D eigenvalue weighted by Gasteiger charge is 2.16. The molecule has 9 heteroatoms. The first-order chi connectivity index (χ1) is 14.5. The van der Waals surface area contributed by atoms with Crippen LogP contribution < -0.4 is 11.0 Å². The number of hydrogen-bond acceptors (Lipinski definition) is 6. The first-order valence-electron chi connectivity index (χ1n) is 9.59. The number of rotatable bonds is 8. The molecule has 3 aromatic rings. The second-order valence-electron chi connectivity index (χ2n) is 6.68. The quantitative estimate of drug-likeness (QED) is 0.266. The smallest absolute Gasteiger partial charge is 0.267 e. The van der Waals surface area contributed by atoms with E-state index in [0.717, 1.165) is 19.3 Å². The summed E-state index contributed by atoms with van der Waals surface area (Å²) >= 11 is 0. The number of carbonyl (C=O) groups is 1. The van der Waals surface area contributed by atoms with E-state index >= 15 is 0 Å². The number of nitrogens with zero attached hydrogens (tertiary/aromatic N) is 4. The third kappa shape index (κ3) is 4.75. The molecule has 0 unspecified atom stereocenters. The van der Waals surface area contributed by atoms with E-state index in [1.807, 2.05) is 0 Å². The largest absolute Gasteiger partial charge is 0.292 e. The van der Waals surface area contributed by atoms with Crippen molar-refractivity contribution in [2.75, 3.05) is 0 Å². The molecule has 0 saturated carbocycles. The Kier molecular flexibility index (Phi) is 6.63. The van der Waals surface area contributed by atoms with Crippen LogP contribution in [0.2, 0.25) is 0 Å². The fourth-order valence-electron chi connectivity index (χ4n) is 3.00. The molecule has 0 aliphatic rings. The summed E-state index contributed by atoms with van der Waals surface area (Å²) in [6, 6.07) is 12.7. The maximum atomic E-state index is 12.7. The Labute approximate surface area is 172 Å². The van der Waals surface area contributed by atoms with Crippen LogP contribution in [0.4, 0.5) is 5.69 Å². The van der Waals surface area contributed by atoms with E-state index in [1.54, 1.807) is 30.3 Å². The van der Waals surface area contributed by atoms with Gasteiger partial charge in [-0.1, -0.05) is 50.1 Å². The number of nitro benzene ring substituents is 1. The van der Waals surface area contributed by atoms with Gasteiger partial charge in [0, 0.05) is 29.6 Å². The van der Waals surface area contributed by atoms with E-state index in [1.165, 1.54) is 29.1 Å². The van der Waals surface area contributed by atoms with Gasteiger partial charge in [0.25, 0.3) is 17.2 Å². The van der Waals surface area contributed by atoms with Crippen molar-refractivity contribution in [1.82, 2.24) is 15.2 Å². The molecule has 1 heterocycles. The second-order valence-corrected chi connectivity index (χ2v) is 6.68. The summed E-state index contributed by atoms with van der Waals surface area (Å²) < 4.78 is 1.32. The highest BCUT2D eigenvalue weighted by molar-refractivity contribution is 6.04. The Morgan fingerprint density at radius 2 is 1.97 bits per heavy atom. The lowest BCUT2D eigenvalue weighted by Gasteiger charge is -2.10. The zero-order chi connectivity index (χ0) is 21.5. The number of nitrogens with one attached hydrogen (secondary N) is 1. The zero-order valence-electron chi connectivity index (χ0n) is 16.4. The van der Waals surface area contributed by atoms with E-state index in [0.29, 0.717) is 22.9 Å². The molecular weight excluding hydrogens is 386 g/mol. The molecule has 0 bridgehead atoms.